The standard InChI is InChI=1S/C13H12ClNO2S/c1-7(9-5-3-4-6-10(9)14)12-15-8(2)11(18-12)13(16)17/h3-7H,1-2H3,(H,16,17). The van der Waals surface area contributed by atoms with Crippen molar-refractivity contribution in [3.05, 3.63) is 50.4 Å². The number of carboxylic acid groups (broad SMARTS) is 1. The second-order valence-electron chi connectivity index (χ2n) is 4.01. The number of halogens is 1. The molecule has 0 saturated carbocycles. The van der Waals surface area contributed by atoms with E-state index in [9.17, 15) is 4.79 Å². The van der Waals surface area contributed by atoms with Gasteiger partial charge in [0.1, 0.15) is 9.88 Å². The molecule has 2 rings (SSSR count). The third-order valence-electron chi connectivity index (χ3n) is 2.75. The van der Waals surface area contributed by atoms with Crippen LogP contribution in [-0.4, -0.2) is 16.1 Å². The van der Waals surface area contributed by atoms with Crippen molar-refractivity contribution in [2.45, 2.75) is 19.8 Å². The first-order valence-electron chi connectivity index (χ1n) is 5.45. The first-order chi connectivity index (χ1) is 8.50. The van der Waals surface area contributed by atoms with Gasteiger partial charge in [-0.25, -0.2) is 9.78 Å². The lowest BCUT2D eigenvalue weighted by molar-refractivity contribution is 0.0701. The topological polar surface area (TPSA) is 50.2 Å². The Bertz CT molecular complexity index is 594. The maximum Gasteiger partial charge on any atom is 0.347 e. The number of hydrogen-bond donors (Lipinski definition) is 1. The van der Waals surface area contributed by atoms with E-state index in [0.717, 1.165) is 10.6 Å². The summed E-state index contributed by atoms with van der Waals surface area (Å²) >= 11 is 7.35. The highest BCUT2D eigenvalue weighted by molar-refractivity contribution is 7.13. The molecule has 0 aliphatic carbocycles. The van der Waals surface area contributed by atoms with E-state index < -0.39 is 5.97 Å². The van der Waals surface area contributed by atoms with Gasteiger partial charge in [0.05, 0.1) is 5.69 Å². The monoisotopic (exact) mass is 281 g/mol. The smallest absolute Gasteiger partial charge is 0.347 e. The Morgan fingerprint density at radius 2 is 2.11 bits per heavy atom. The minimum atomic E-state index is -0.928. The molecule has 0 fully saturated rings. The number of nitrogens with zero attached hydrogens (tertiary/aromatic N) is 1. The van der Waals surface area contributed by atoms with Gasteiger partial charge in [0.2, 0.25) is 0 Å². The minimum Gasteiger partial charge on any atom is -0.477 e. The molecule has 0 bridgehead atoms. The predicted molar refractivity (Wildman–Crippen MR) is 72.8 cm³/mol. The van der Waals surface area contributed by atoms with Gasteiger partial charge in [-0.3, -0.25) is 0 Å². The predicted octanol–water partition coefficient (Wildman–Crippen LogP) is 3.95. The van der Waals surface area contributed by atoms with Crippen molar-refractivity contribution in [3.8, 4) is 0 Å². The average molecular weight is 282 g/mol. The van der Waals surface area contributed by atoms with E-state index in [0.29, 0.717) is 15.6 Å². The van der Waals surface area contributed by atoms with Gasteiger partial charge in [-0.1, -0.05) is 36.7 Å². The van der Waals surface area contributed by atoms with Crippen LogP contribution < -0.4 is 0 Å². The molecule has 2 aromatic rings. The van der Waals surface area contributed by atoms with Crippen molar-refractivity contribution in [3.63, 3.8) is 0 Å². The first-order valence-corrected chi connectivity index (χ1v) is 6.65. The molecular weight excluding hydrogens is 270 g/mol. The molecule has 1 unspecified atom stereocenters. The lowest BCUT2D eigenvalue weighted by atomic mass is 10.0. The zero-order valence-corrected chi connectivity index (χ0v) is 11.5. The van der Waals surface area contributed by atoms with Crippen LogP contribution in [0.25, 0.3) is 0 Å². The summed E-state index contributed by atoms with van der Waals surface area (Å²) in [4.78, 5) is 15.6. The van der Waals surface area contributed by atoms with Crippen LogP contribution in [0.5, 0.6) is 0 Å². The molecule has 0 radical (unpaired) electrons. The Balaban J connectivity index is 2.41. The molecule has 1 aromatic carbocycles. The van der Waals surface area contributed by atoms with Gasteiger partial charge >= 0.3 is 5.97 Å². The van der Waals surface area contributed by atoms with Crippen molar-refractivity contribution in [1.29, 1.82) is 0 Å². The summed E-state index contributed by atoms with van der Waals surface area (Å²) in [5.74, 6) is -0.932. The SMILES string of the molecule is Cc1nc(C(C)c2ccccc2Cl)sc1C(=O)O. The molecule has 1 atom stereocenters. The normalized spacial score (nSPS) is 12.4. The molecule has 1 aromatic heterocycles. The van der Waals surface area contributed by atoms with Crippen LogP contribution in [0.15, 0.2) is 24.3 Å². The number of carbonyl (C=O) groups is 1. The lowest BCUT2D eigenvalue weighted by Gasteiger charge is -2.10. The van der Waals surface area contributed by atoms with Gasteiger partial charge in [0.15, 0.2) is 0 Å². The van der Waals surface area contributed by atoms with Gasteiger partial charge < -0.3 is 5.11 Å². The molecule has 0 saturated heterocycles. The Morgan fingerprint density at radius 3 is 2.67 bits per heavy atom. The molecular formula is C13H12ClNO2S. The van der Waals surface area contributed by atoms with Crippen LogP contribution in [-0.2, 0) is 0 Å². The van der Waals surface area contributed by atoms with Crippen LogP contribution in [0.1, 0.15) is 38.8 Å². The fraction of sp³-hybridized carbons (Fsp3) is 0.231. The lowest BCUT2D eigenvalue weighted by Crippen LogP contribution is -1.96. The summed E-state index contributed by atoms with van der Waals surface area (Å²) in [7, 11) is 0. The number of aromatic nitrogens is 1. The Kier molecular flexibility index (Phi) is 3.68. The molecule has 1 heterocycles. The maximum atomic E-state index is 11.0. The van der Waals surface area contributed by atoms with E-state index in [4.69, 9.17) is 16.7 Å². The quantitative estimate of drug-likeness (QED) is 0.926. The highest BCUT2D eigenvalue weighted by Gasteiger charge is 2.20. The number of aryl methyl sites for hydroxylation is 1. The molecule has 1 N–H and O–H groups in total. The Labute approximate surface area is 114 Å². The second kappa shape index (κ2) is 5.08. The molecule has 0 spiro atoms. The fourth-order valence-electron chi connectivity index (χ4n) is 1.76. The summed E-state index contributed by atoms with van der Waals surface area (Å²) in [6, 6.07) is 7.54. The van der Waals surface area contributed by atoms with Crippen molar-refractivity contribution in [2.24, 2.45) is 0 Å². The number of rotatable bonds is 3. The van der Waals surface area contributed by atoms with Crippen LogP contribution in [0.4, 0.5) is 0 Å². The van der Waals surface area contributed by atoms with E-state index in [1.165, 1.54) is 11.3 Å². The van der Waals surface area contributed by atoms with E-state index in [1.807, 2.05) is 31.2 Å². The number of carboxylic acids is 1. The summed E-state index contributed by atoms with van der Waals surface area (Å²) in [5.41, 5.74) is 1.52. The van der Waals surface area contributed by atoms with E-state index in [1.54, 1.807) is 6.92 Å². The summed E-state index contributed by atoms with van der Waals surface area (Å²) < 4.78 is 0. The molecule has 94 valence electrons. The van der Waals surface area contributed by atoms with Gasteiger partial charge in [-0.2, -0.15) is 0 Å². The third-order valence-corrected chi connectivity index (χ3v) is 4.42. The van der Waals surface area contributed by atoms with E-state index in [-0.39, 0.29) is 5.92 Å². The van der Waals surface area contributed by atoms with Crippen molar-refractivity contribution < 1.29 is 9.90 Å². The molecule has 0 aliphatic rings. The number of thiazole rings is 1. The summed E-state index contributed by atoms with van der Waals surface area (Å²) in [6.45, 7) is 3.69. The highest BCUT2D eigenvalue weighted by Crippen LogP contribution is 2.33. The van der Waals surface area contributed by atoms with Crippen molar-refractivity contribution >= 4 is 28.9 Å². The molecule has 3 nitrogen and oxygen atoms in total. The zero-order chi connectivity index (χ0) is 13.3. The van der Waals surface area contributed by atoms with E-state index in [2.05, 4.69) is 4.98 Å². The Morgan fingerprint density at radius 1 is 1.44 bits per heavy atom. The van der Waals surface area contributed by atoms with Gasteiger partial charge in [-0.05, 0) is 18.6 Å². The summed E-state index contributed by atoms with van der Waals surface area (Å²) in [6.07, 6.45) is 0. The van der Waals surface area contributed by atoms with Crippen LogP contribution in [0.2, 0.25) is 5.02 Å². The van der Waals surface area contributed by atoms with Gasteiger partial charge in [0, 0.05) is 10.9 Å². The maximum absolute atomic E-state index is 11.0. The third kappa shape index (κ3) is 2.40. The van der Waals surface area contributed by atoms with Crippen LogP contribution in [0, 0.1) is 6.92 Å². The number of hydrogen-bond acceptors (Lipinski definition) is 3. The first kappa shape index (κ1) is 13.1. The van der Waals surface area contributed by atoms with Crippen molar-refractivity contribution in [2.75, 3.05) is 0 Å². The average Bonchev–Trinajstić information content (AvgIpc) is 2.71. The molecule has 5 heteroatoms. The van der Waals surface area contributed by atoms with Crippen LogP contribution >= 0.6 is 22.9 Å². The van der Waals surface area contributed by atoms with Crippen molar-refractivity contribution in [1.82, 2.24) is 4.98 Å². The van der Waals surface area contributed by atoms with Gasteiger partial charge in [0.25, 0.3) is 0 Å². The Hall–Kier alpha value is -1.39. The number of aromatic carboxylic acids is 1. The molecule has 18 heavy (non-hydrogen) atoms. The molecule has 0 aliphatic heterocycles. The van der Waals surface area contributed by atoms with E-state index >= 15 is 0 Å². The highest BCUT2D eigenvalue weighted by atomic mass is 35.5. The summed E-state index contributed by atoms with van der Waals surface area (Å²) in [5, 5.41) is 10.5. The fourth-order valence-corrected chi connectivity index (χ4v) is 3.04. The van der Waals surface area contributed by atoms with Gasteiger partial charge in [-0.15, -0.1) is 11.3 Å². The zero-order valence-electron chi connectivity index (χ0n) is 9.98. The number of benzene rings is 1. The molecule has 0 amide bonds. The second-order valence-corrected chi connectivity index (χ2v) is 5.45. The minimum absolute atomic E-state index is 0.00417. The largest absolute Gasteiger partial charge is 0.477 e. The van der Waals surface area contributed by atoms with Crippen LogP contribution in [0.3, 0.4) is 0 Å².